The van der Waals surface area contributed by atoms with E-state index in [1.807, 2.05) is 6.07 Å². The third-order valence-electron chi connectivity index (χ3n) is 3.61. The van der Waals surface area contributed by atoms with Crippen molar-refractivity contribution in [3.8, 4) is 0 Å². The Morgan fingerprint density at radius 3 is 2.83 bits per heavy atom. The largest absolute Gasteiger partial charge is 0.433 e. The molecule has 1 N–H and O–H groups in total. The molecule has 1 aliphatic heterocycles. The van der Waals surface area contributed by atoms with Crippen LogP contribution >= 0.6 is 0 Å². The van der Waals surface area contributed by atoms with Gasteiger partial charge in [-0.05, 0) is 12.1 Å². The first-order valence-electron chi connectivity index (χ1n) is 7.44. The number of carbonyl (C=O) groups excluding carboxylic acids is 1. The molecule has 1 fully saturated rings. The van der Waals surface area contributed by atoms with Gasteiger partial charge in [-0.25, -0.2) is 4.98 Å². The van der Waals surface area contributed by atoms with Gasteiger partial charge in [-0.3, -0.25) is 14.9 Å². The second kappa shape index (κ2) is 7.09. The van der Waals surface area contributed by atoms with Crippen LogP contribution in [0.1, 0.15) is 16.1 Å². The van der Waals surface area contributed by atoms with Gasteiger partial charge in [0.25, 0.3) is 5.91 Å². The molecule has 0 radical (unpaired) electrons. The number of hydrogen-bond donors (Lipinski definition) is 1. The van der Waals surface area contributed by atoms with Gasteiger partial charge in [0.05, 0.1) is 19.3 Å². The fraction of sp³-hybridized carbons (Fsp3) is 0.333. The monoisotopic (exact) mass is 332 g/mol. The van der Waals surface area contributed by atoms with Crippen molar-refractivity contribution in [3.63, 3.8) is 0 Å². The van der Waals surface area contributed by atoms with E-state index in [1.54, 1.807) is 12.3 Å². The average molecular weight is 332 g/mol. The number of morpholine rings is 1. The van der Waals surface area contributed by atoms with Crippen molar-refractivity contribution in [1.29, 1.82) is 0 Å². The normalized spacial score (nSPS) is 14.4. The molecule has 1 aliphatic rings. The van der Waals surface area contributed by atoms with Gasteiger partial charge in [-0.2, -0.15) is 0 Å². The summed E-state index contributed by atoms with van der Waals surface area (Å²) < 4.78 is 10.2. The lowest BCUT2D eigenvalue weighted by Gasteiger charge is -2.29. The summed E-state index contributed by atoms with van der Waals surface area (Å²) in [5.41, 5.74) is 0.855. The van der Waals surface area contributed by atoms with Gasteiger partial charge in [0.2, 0.25) is 0 Å². The van der Waals surface area contributed by atoms with Crippen molar-refractivity contribution in [3.05, 3.63) is 51.9 Å². The molecular formula is C15H16N4O5. The zero-order valence-corrected chi connectivity index (χ0v) is 12.8. The van der Waals surface area contributed by atoms with Gasteiger partial charge in [-0.1, -0.05) is 6.07 Å². The Balaban J connectivity index is 1.67. The molecule has 0 bridgehead atoms. The summed E-state index contributed by atoms with van der Waals surface area (Å²) >= 11 is 0. The molecule has 126 valence electrons. The second-order valence-electron chi connectivity index (χ2n) is 5.16. The van der Waals surface area contributed by atoms with E-state index in [0.717, 1.165) is 30.5 Å². The molecule has 9 heteroatoms. The van der Waals surface area contributed by atoms with Crippen LogP contribution in [0.25, 0.3) is 0 Å². The van der Waals surface area contributed by atoms with Crippen LogP contribution in [0.4, 0.5) is 11.7 Å². The van der Waals surface area contributed by atoms with E-state index in [1.165, 1.54) is 6.07 Å². The standard InChI is InChI=1S/C15H16N4O5/c20-15(12-3-4-13(24-12)19(21)22)17-10-11-2-1-5-16-14(11)18-6-8-23-9-7-18/h1-5H,6-10H2,(H,17,20). The third-order valence-corrected chi connectivity index (χ3v) is 3.61. The van der Waals surface area contributed by atoms with E-state index < -0.39 is 16.7 Å². The molecule has 9 nitrogen and oxygen atoms in total. The number of carbonyl (C=O) groups is 1. The number of amides is 1. The van der Waals surface area contributed by atoms with E-state index in [-0.39, 0.29) is 12.3 Å². The number of nitrogens with zero attached hydrogens (tertiary/aromatic N) is 3. The summed E-state index contributed by atoms with van der Waals surface area (Å²) in [7, 11) is 0. The number of rotatable bonds is 5. The first kappa shape index (κ1) is 15.9. The number of nitrogens with one attached hydrogen (secondary N) is 1. The van der Waals surface area contributed by atoms with Crippen molar-refractivity contribution >= 4 is 17.6 Å². The van der Waals surface area contributed by atoms with E-state index in [0.29, 0.717) is 13.2 Å². The lowest BCUT2D eigenvalue weighted by atomic mass is 10.2. The lowest BCUT2D eigenvalue weighted by molar-refractivity contribution is -0.402. The summed E-state index contributed by atoms with van der Waals surface area (Å²) in [6.07, 6.45) is 1.70. The Bertz CT molecular complexity index is 739. The lowest BCUT2D eigenvalue weighted by Crippen LogP contribution is -2.37. The highest BCUT2D eigenvalue weighted by Crippen LogP contribution is 2.19. The predicted molar refractivity (Wildman–Crippen MR) is 83.8 cm³/mol. The summed E-state index contributed by atoms with van der Waals surface area (Å²) in [5.74, 6) is -0.277. The Morgan fingerprint density at radius 1 is 1.33 bits per heavy atom. The van der Waals surface area contributed by atoms with Gasteiger partial charge >= 0.3 is 5.88 Å². The number of anilines is 1. The summed E-state index contributed by atoms with van der Waals surface area (Å²) in [6, 6.07) is 6.10. The number of ether oxygens (including phenoxy) is 1. The maximum absolute atomic E-state index is 12.1. The van der Waals surface area contributed by atoms with Gasteiger partial charge in [-0.15, -0.1) is 0 Å². The Labute approximate surface area is 137 Å². The topological polar surface area (TPSA) is 111 Å². The van der Waals surface area contributed by atoms with Gasteiger partial charge in [0, 0.05) is 31.4 Å². The second-order valence-corrected chi connectivity index (χ2v) is 5.16. The molecule has 0 aromatic carbocycles. The number of nitro groups is 1. The minimum absolute atomic E-state index is 0.0986. The molecule has 2 aromatic rings. The van der Waals surface area contributed by atoms with Crippen LogP contribution in [-0.4, -0.2) is 42.1 Å². The number of aromatic nitrogens is 1. The minimum Gasteiger partial charge on any atom is -0.395 e. The quantitative estimate of drug-likeness (QED) is 0.650. The maximum Gasteiger partial charge on any atom is 0.433 e. The summed E-state index contributed by atoms with van der Waals surface area (Å²) in [6.45, 7) is 3.00. The third kappa shape index (κ3) is 3.51. The van der Waals surface area contributed by atoms with Crippen molar-refractivity contribution in [2.24, 2.45) is 0 Å². The van der Waals surface area contributed by atoms with E-state index in [2.05, 4.69) is 15.2 Å². The fourth-order valence-corrected chi connectivity index (χ4v) is 2.44. The number of pyridine rings is 1. The molecule has 0 atom stereocenters. The molecule has 2 aromatic heterocycles. The predicted octanol–water partition coefficient (Wildman–Crippen LogP) is 1.35. The van der Waals surface area contributed by atoms with Gasteiger partial charge in [0.1, 0.15) is 10.7 Å². The van der Waals surface area contributed by atoms with Crippen LogP contribution < -0.4 is 10.2 Å². The highest BCUT2D eigenvalue weighted by Gasteiger charge is 2.19. The molecule has 3 rings (SSSR count). The highest BCUT2D eigenvalue weighted by atomic mass is 16.6. The minimum atomic E-state index is -0.686. The van der Waals surface area contributed by atoms with Crippen molar-refractivity contribution < 1.29 is 18.9 Å². The Morgan fingerprint density at radius 2 is 2.12 bits per heavy atom. The van der Waals surface area contributed by atoms with E-state index in [9.17, 15) is 14.9 Å². The molecule has 0 spiro atoms. The first-order valence-corrected chi connectivity index (χ1v) is 7.44. The number of hydrogen-bond acceptors (Lipinski definition) is 7. The Kier molecular flexibility index (Phi) is 4.71. The van der Waals surface area contributed by atoms with E-state index >= 15 is 0 Å². The molecule has 0 unspecified atom stereocenters. The van der Waals surface area contributed by atoms with Crippen LogP contribution in [0.3, 0.4) is 0 Å². The van der Waals surface area contributed by atoms with Crippen molar-refractivity contribution in [2.75, 3.05) is 31.2 Å². The highest BCUT2D eigenvalue weighted by molar-refractivity contribution is 5.91. The molecule has 24 heavy (non-hydrogen) atoms. The summed E-state index contributed by atoms with van der Waals surface area (Å²) in [4.78, 5) is 28.5. The van der Waals surface area contributed by atoms with Crippen molar-refractivity contribution in [2.45, 2.75) is 6.54 Å². The number of furan rings is 1. The first-order chi connectivity index (χ1) is 11.6. The molecule has 1 amide bonds. The molecule has 0 aliphatic carbocycles. The molecular weight excluding hydrogens is 316 g/mol. The fourth-order valence-electron chi connectivity index (χ4n) is 2.44. The van der Waals surface area contributed by atoms with Crippen LogP contribution in [0, 0.1) is 10.1 Å². The van der Waals surface area contributed by atoms with Crippen LogP contribution in [-0.2, 0) is 11.3 Å². The van der Waals surface area contributed by atoms with Gasteiger partial charge in [0.15, 0.2) is 5.76 Å². The van der Waals surface area contributed by atoms with Gasteiger partial charge < -0.3 is 19.4 Å². The van der Waals surface area contributed by atoms with Crippen LogP contribution in [0.2, 0.25) is 0 Å². The zero-order chi connectivity index (χ0) is 16.9. The SMILES string of the molecule is O=C(NCc1cccnc1N1CCOCC1)c1ccc([N+](=O)[O-])o1. The molecule has 3 heterocycles. The summed E-state index contributed by atoms with van der Waals surface area (Å²) in [5, 5.41) is 13.3. The molecule has 1 saturated heterocycles. The van der Waals surface area contributed by atoms with Crippen LogP contribution in [0.15, 0.2) is 34.9 Å². The smallest absolute Gasteiger partial charge is 0.395 e. The van der Waals surface area contributed by atoms with Crippen molar-refractivity contribution in [1.82, 2.24) is 10.3 Å². The maximum atomic E-state index is 12.1. The Hall–Kier alpha value is -2.94. The molecule has 0 saturated carbocycles. The van der Waals surface area contributed by atoms with Crippen LogP contribution in [0.5, 0.6) is 0 Å². The average Bonchev–Trinajstić information content (AvgIpc) is 3.11. The zero-order valence-electron chi connectivity index (χ0n) is 12.8. The van der Waals surface area contributed by atoms with E-state index in [4.69, 9.17) is 9.15 Å².